The zero-order valence-electron chi connectivity index (χ0n) is 27.6. The van der Waals surface area contributed by atoms with Gasteiger partial charge < -0.3 is 14.4 Å². The van der Waals surface area contributed by atoms with Crippen LogP contribution in [0, 0.1) is 5.92 Å². The summed E-state index contributed by atoms with van der Waals surface area (Å²) in [7, 11) is 4.10. The molecule has 2 atom stereocenters. The van der Waals surface area contributed by atoms with E-state index in [2.05, 4.69) is 39.8 Å². The highest BCUT2D eigenvalue weighted by Crippen LogP contribution is 2.24. The van der Waals surface area contributed by atoms with Crippen LogP contribution in [0.25, 0.3) is 0 Å². The molecule has 0 amide bonds. The Bertz CT molecular complexity index is 566. The van der Waals surface area contributed by atoms with Crippen molar-refractivity contribution in [1.29, 1.82) is 0 Å². The third kappa shape index (κ3) is 25.8. The van der Waals surface area contributed by atoms with Crippen molar-refractivity contribution in [3.8, 4) is 0 Å². The first-order chi connectivity index (χ1) is 19.4. The highest BCUT2D eigenvalue weighted by Gasteiger charge is 2.26. The van der Waals surface area contributed by atoms with Gasteiger partial charge >= 0.3 is 11.9 Å². The normalized spacial score (nSPS) is 12.9. The van der Waals surface area contributed by atoms with E-state index in [1.807, 2.05) is 0 Å². The molecule has 0 N–H and O–H groups in total. The van der Waals surface area contributed by atoms with E-state index in [-0.39, 0.29) is 30.6 Å². The molecule has 0 saturated carbocycles. The molecule has 0 heterocycles. The van der Waals surface area contributed by atoms with Crippen LogP contribution in [-0.2, 0) is 19.1 Å². The topological polar surface area (TPSA) is 55.8 Å². The van der Waals surface area contributed by atoms with Gasteiger partial charge in [0.2, 0.25) is 0 Å². The van der Waals surface area contributed by atoms with Crippen LogP contribution in [0.5, 0.6) is 0 Å². The largest absolute Gasteiger partial charge is 0.462 e. The lowest BCUT2D eigenvalue weighted by Crippen LogP contribution is -2.33. The number of hydrogen-bond donors (Lipinski definition) is 0. The number of ether oxygens (including phenoxy) is 2. The molecule has 0 aliphatic rings. The van der Waals surface area contributed by atoms with Gasteiger partial charge in [0.05, 0.1) is 0 Å². The Kier molecular flexibility index (Phi) is 28.6. The zero-order valence-corrected chi connectivity index (χ0v) is 27.6. The maximum Gasteiger partial charge on any atom is 0.306 e. The fourth-order valence-electron chi connectivity index (χ4n) is 5.36. The minimum Gasteiger partial charge on any atom is -0.462 e. The van der Waals surface area contributed by atoms with Crippen LogP contribution in [-0.4, -0.2) is 50.2 Å². The van der Waals surface area contributed by atoms with Gasteiger partial charge in [-0.15, -0.1) is 0 Å². The van der Waals surface area contributed by atoms with E-state index in [0.29, 0.717) is 12.8 Å². The minimum atomic E-state index is -0.319. The average Bonchev–Trinajstić information content (AvgIpc) is 2.93. The first-order valence-electron chi connectivity index (χ1n) is 17.4. The molecule has 0 rings (SSSR count). The highest BCUT2D eigenvalue weighted by atomic mass is 16.6. The molecule has 0 fully saturated rings. The lowest BCUT2D eigenvalue weighted by molar-refractivity contribution is -0.163. The molecule has 0 spiro atoms. The Morgan fingerprint density at radius 1 is 0.550 bits per heavy atom. The second kappa shape index (κ2) is 29.4. The van der Waals surface area contributed by atoms with E-state index in [1.165, 1.54) is 83.5 Å². The summed E-state index contributed by atoms with van der Waals surface area (Å²) < 4.78 is 11.7. The van der Waals surface area contributed by atoms with Gasteiger partial charge in [-0.2, -0.15) is 0 Å². The molecular weight excluding hydrogens is 498 g/mol. The third-order valence-electron chi connectivity index (χ3n) is 8.04. The van der Waals surface area contributed by atoms with Crippen LogP contribution < -0.4 is 0 Å². The third-order valence-corrected chi connectivity index (χ3v) is 8.04. The quantitative estimate of drug-likeness (QED) is 0.0638. The monoisotopic (exact) mass is 568 g/mol. The van der Waals surface area contributed by atoms with Gasteiger partial charge in [-0.25, -0.2) is 0 Å². The van der Waals surface area contributed by atoms with Crippen molar-refractivity contribution in [2.24, 2.45) is 5.92 Å². The summed E-state index contributed by atoms with van der Waals surface area (Å²) in [6.45, 7) is 7.87. The predicted octanol–water partition coefficient (Wildman–Crippen LogP) is 10.0. The van der Waals surface area contributed by atoms with Gasteiger partial charge in [-0.05, 0) is 58.7 Å². The summed E-state index contributed by atoms with van der Waals surface area (Å²) >= 11 is 0. The summed E-state index contributed by atoms with van der Waals surface area (Å²) in [5, 5.41) is 0. The number of hydrogen-bond acceptors (Lipinski definition) is 5. The van der Waals surface area contributed by atoms with Crippen molar-refractivity contribution < 1.29 is 19.1 Å². The van der Waals surface area contributed by atoms with Crippen molar-refractivity contribution in [2.45, 2.75) is 181 Å². The first kappa shape index (κ1) is 38.9. The van der Waals surface area contributed by atoms with Crippen LogP contribution in [0.2, 0.25) is 0 Å². The van der Waals surface area contributed by atoms with Crippen molar-refractivity contribution >= 4 is 11.9 Å². The molecule has 5 nitrogen and oxygen atoms in total. The molecule has 0 aromatic carbocycles. The van der Waals surface area contributed by atoms with Crippen molar-refractivity contribution in [3.05, 3.63) is 0 Å². The van der Waals surface area contributed by atoms with E-state index >= 15 is 0 Å². The van der Waals surface area contributed by atoms with Crippen molar-refractivity contribution in [1.82, 2.24) is 4.90 Å². The number of carbonyl (C=O) groups is 2. The van der Waals surface area contributed by atoms with Gasteiger partial charge in [0.1, 0.15) is 12.7 Å². The van der Waals surface area contributed by atoms with Gasteiger partial charge in [0.25, 0.3) is 0 Å². The maximum absolute atomic E-state index is 12.7. The predicted molar refractivity (Wildman–Crippen MR) is 171 cm³/mol. The second-order valence-corrected chi connectivity index (χ2v) is 12.4. The highest BCUT2D eigenvalue weighted by molar-refractivity contribution is 5.70. The molecular formula is C35H69NO4. The fourth-order valence-corrected chi connectivity index (χ4v) is 5.36. The molecule has 238 valence electrons. The Morgan fingerprint density at radius 3 is 1.55 bits per heavy atom. The molecule has 0 saturated heterocycles. The van der Waals surface area contributed by atoms with Crippen molar-refractivity contribution in [2.75, 3.05) is 27.2 Å². The number of unbranched alkanes of at least 4 members (excludes halogenated alkanes) is 16. The molecule has 0 aliphatic carbocycles. The molecule has 0 aromatic rings. The smallest absolute Gasteiger partial charge is 0.306 e. The van der Waals surface area contributed by atoms with E-state index in [4.69, 9.17) is 9.47 Å². The van der Waals surface area contributed by atoms with Gasteiger partial charge in [-0.3, -0.25) is 9.59 Å². The Hall–Kier alpha value is -1.10. The van der Waals surface area contributed by atoms with Crippen LogP contribution in [0.1, 0.15) is 175 Å². The Morgan fingerprint density at radius 2 is 1.00 bits per heavy atom. The van der Waals surface area contributed by atoms with E-state index in [1.54, 1.807) is 0 Å². The fraction of sp³-hybridized carbons (Fsp3) is 0.943. The summed E-state index contributed by atoms with van der Waals surface area (Å²) in [4.78, 5) is 27.4. The molecule has 0 aromatic heterocycles. The summed E-state index contributed by atoms with van der Waals surface area (Å²) in [6, 6.07) is 0. The molecule has 0 radical (unpaired) electrons. The van der Waals surface area contributed by atoms with Gasteiger partial charge in [0.15, 0.2) is 0 Å². The number of rotatable bonds is 30. The zero-order chi connectivity index (χ0) is 29.7. The van der Waals surface area contributed by atoms with Crippen LogP contribution in [0.15, 0.2) is 0 Å². The van der Waals surface area contributed by atoms with Crippen LogP contribution in [0.3, 0.4) is 0 Å². The second-order valence-electron chi connectivity index (χ2n) is 12.4. The summed E-state index contributed by atoms with van der Waals surface area (Å²) in [5.74, 6) is -0.0208. The van der Waals surface area contributed by atoms with Crippen LogP contribution in [0.4, 0.5) is 0 Å². The minimum absolute atomic E-state index is 0.141. The van der Waals surface area contributed by atoms with Gasteiger partial charge in [-0.1, -0.05) is 130 Å². The number of nitrogens with zero attached hydrogens (tertiary/aromatic N) is 1. The lowest BCUT2D eigenvalue weighted by Gasteiger charge is -2.27. The lowest BCUT2D eigenvalue weighted by atomic mass is 9.90. The van der Waals surface area contributed by atoms with Crippen LogP contribution >= 0.6 is 0 Å². The molecule has 5 heteroatoms. The summed E-state index contributed by atoms with van der Waals surface area (Å²) in [5.41, 5.74) is 0. The van der Waals surface area contributed by atoms with E-state index < -0.39 is 0 Å². The Labute approximate surface area is 249 Å². The molecule has 40 heavy (non-hydrogen) atoms. The van der Waals surface area contributed by atoms with Crippen molar-refractivity contribution in [3.63, 3.8) is 0 Å². The summed E-state index contributed by atoms with van der Waals surface area (Å²) in [6.07, 6.45) is 27.0. The number of esters is 2. The standard InChI is InChI=1S/C35H69NO4/c1-6-9-12-13-14-15-16-17-18-19-20-21-23-28-34(37)39-31-33(32(26-11-8-3)27-22-10-7-2)40-35(38)29-24-25-30-36(4)5/h32-33H,6-31H2,1-5H3. The number of carbonyl (C=O) groups excluding carboxylic acids is 2. The molecule has 0 aliphatic heterocycles. The SMILES string of the molecule is CCCCCCCCCCCCCCCC(=O)OCC(OC(=O)CCCCN(C)C)C(CCCC)CCCCC. The maximum atomic E-state index is 12.7. The Balaban J connectivity index is 4.39. The average molecular weight is 568 g/mol. The molecule has 0 bridgehead atoms. The molecule has 2 unspecified atom stereocenters. The van der Waals surface area contributed by atoms with E-state index in [0.717, 1.165) is 64.3 Å². The van der Waals surface area contributed by atoms with E-state index in [9.17, 15) is 9.59 Å². The van der Waals surface area contributed by atoms with Gasteiger partial charge in [0, 0.05) is 12.8 Å². The first-order valence-corrected chi connectivity index (χ1v) is 17.4.